The van der Waals surface area contributed by atoms with Crippen LogP contribution in [-0.4, -0.2) is 20.3 Å². The number of hydrogen-bond donors (Lipinski definition) is 0. The van der Waals surface area contributed by atoms with Crippen molar-refractivity contribution in [1.29, 1.82) is 0 Å². The zero-order valence-corrected chi connectivity index (χ0v) is 10.8. The molecule has 0 saturated carbocycles. The number of rotatable bonds is 5. The minimum absolute atomic E-state index is 0.290. The van der Waals surface area contributed by atoms with Gasteiger partial charge in [0, 0.05) is 0 Å². The summed E-state index contributed by atoms with van der Waals surface area (Å²) in [5, 5.41) is -0.432. The quantitative estimate of drug-likeness (QED) is 0.797. The van der Waals surface area contributed by atoms with Crippen LogP contribution in [0.1, 0.15) is 27.2 Å². The van der Waals surface area contributed by atoms with Crippen LogP contribution in [0.25, 0.3) is 0 Å². The third-order valence-corrected chi connectivity index (χ3v) is 4.43. The van der Waals surface area contributed by atoms with Crippen molar-refractivity contribution >= 4 is 9.84 Å². The highest BCUT2D eigenvalue weighted by atomic mass is 32.2. The molecule has 0 spiro atoms. The molecule has 1 rings (SSSR count). The van der Waals surface area contributed by atoms with Gasteiger partial charge in [0.15, 0.2) is 9.84 Å². The lowest BCUT2D eigenvalue weighted by Crippen LogP contribution is -2.15. The summed E-state index contributed by atoms with van der Waals surface area (Å²) < 4.78 is 29.5. The van der Waals surface area contributed by atoms with Crippen LogP contribution in [0.4, 0.5) is 0 Å². The summed E-state index contributed by atoms with van der Waals surface area (Å²) in [5.74, 6) is 0.457. The fourth-order valence-corrected chi connectivity index (χ4v) is 2.45. The Morgan fingerprint density at radius 2 is 1.88 bits per heavy atom. The second-order valence-corrected chi connectivity index (χ2v) is 6.36. The Labute approximate surface area is 97.4 Å². The Morgan fingerprint density at radius 1 is 1.25 bits per heavy atom. The molecule has 16 heavy (non-hydrogen) atoms. The number of sulfone groups is 1. The van der Waals surface area contributed by atoms with E-state index in [4.69, 9.17) is 4.74 Å². The van der Waals surface area contributed by atoms with E-state index in [0.29, 0.717) is 17.3 Å². The van der Waals surface area contributed by atoms with E-state index in [1.807, 2.05) is 6.92 Å². The number of benzene rings is 1. The van der Waals surface area contributed by atoms with E-state index in [1.54, 1.807) is 38.1 Å². The molecule has 1 aromatic rings. The molecular formula is C12H18O3S. The van der Waals surface area contributed by atoms with E-state index < -0.39 is 15.1 Å². The molecule has 0 aliphatic heterocycles. The lowest BCUT2D eigenvalue weighted by Gasteiger charge is -2.13. The summed E-state index contributed by atoms with van der Waals surface area (Å²) in [7, 11) is -3.26. The van der Waals surface area contributed by atoms with Crippen molar-refractivity contribution in [1.82, 2.24) is 0 Å². The van der Waals surface area contributed by atoms with Crippen molar-refractivity contribution in [2.45, 2.75) is 37.3 Å². The van der Waals surface area contributed by atoms with Crippen molar-refractivity contribution < 1.29 is 13.2 Å². The van der Waals surface area contributed by atoms with Crippen LogP contribution in [0, 0.1) is 0 Å². The first-order chi connectivity index (χ1) is 7.50. The molecule has 0 saturated heterocycles. The van der Waals surface area contributed by atoms with Gasteiger partial charge in [0.05, 0.1) is 11.9 Å². The minimum atomic E-state index is -3.26. The van der Waals surface area contributed by atoms with Crippen LogP contribution >= 0.6 is 0 Å². The predicted octanol–water partition coefficient (Wildman–Crippen LogP) is 2.66. The minimum Gasteiger partial charge on any atom is -0.492 e. The van der Waals surface area contributed by atoms with Gasteiger partial charge < -0.3 is 4.74 Å². The summed E-state index contributed by atoms with van der Waals surface area (Å²) in [5.41, 5.74) is 0. The van der Waals surface area contributed by atoms with E-state index in [1.165, 1.54) is 0 Å². The largest absolute Gasteiger partial charge is 0.492 e. The zero-order valence-electron chi connectivity index (χ0n) is 9.93. The molecule has 90 valence electrons. The Morgan fingerprint density at radius 3 is 2.44 bits per heavy atom. The van der Waals surface area contributed by atoms with Gasteiger partial charge in [-0.05, 0) is 32.4 Å². The summed E-state index contributed by atoms with van der Waals surface area (Å²) in [4.78, 5) is 0.290. The van der Waals surface area contributed by atoms with Crippen LogP contribution in [0.15, 0.2) is 29.2 Å². The summed E-state index contributed by atoms with van der Waals surface area (Å²) in [6.45, 7) is 5.86. The van der Waals surface area contributed by atoms with Crippen LogP contribution in [0.5, 0.6) is 5.75 Å². The molecule has 4 heteroatoms. The normalized spacial score (nSPS) is 11.8. The maximum Gasteiger partial charge on any atom is 0.184 e. The zero-order chi connectivity index (χ0) is 12.2. The highest BCUT2D eigenvalue weighted by Crippen LogP contribution is 2.26. The van der Waals surface area contributed by atoms with Gasteiger partial charge in [0.2, 0.25) is 0 Å². The van der Waals surface area contributed by atoms with Gasteiger partial charge in [-0.15, -0.1) is 0 Å². The molecule has 0 aliphatic carbocycles. The molecule has 0 N–H and O–H groups in total. The summed E-state index contributed by atoms with van der Waals surface area (Å²) in [6, 6.07) is 6.80. The van der Waals surface area contributed by atoms with Crippen molar-refractivity contribution in [3.05, 3.63) is 24.3 Å². The van der Waals surface area contributed by atoms with Gasteiger partial charge in [-0.1, -0.05) is 19.1 Å². The van der Waals surface area contributed by atoms with Crippen molar-refractivity contribution in [2.24, 2.45) is 0 Å². The predicted molar refractivity (Wildman–Crippen MR) is 64.5 cm³/mol. The molecule has 0 radical (unpaired) electrons. The molecule has 0 amide bonds. The summed E-state index contributed by atoms with van der Waals surface area (Å²) >= 11 is 0. The average Bonchev–Trinajstić information content (AvgIpc) is 2.26. The Balaban J connectivity index is 3.13. The van der Waals surface area contributed by atoms with Crippen molar-refractivity contribution in [3.8, 4) is 5.75 Å². The first-order valence-electron chi connectivity index (χ1n) is 5.46. The molecule has 0 bridgehead atoms. The molecule has 3 nitrogen and oxygen atoms in total. The van der Waals surface area contributed by atoms with Crippen LogP contribution < -0.4 is 4.74 Å². The highest BCUT2D eigenvalue weighted by molar-refractivity contribution is 7.92. The second kappa shape index (κ2) is 5.34. The molecule has 1 aromatic carbocycles. The Hall–Kier alpha value is -1.03. The number of hydrogen-bond acceptors (Lipinski definition) is 3. The third-order valence-electron chi connectivity index (χ3n) is 2.24. The number of para-hydroxylation sites is 1. The van der Waals surface area contributed by atoms with E-state index in [-0.39, 0.29) is 0 Å². The molecule has 0 aromatic heterocycles. The van der Waals surface area contributed by atoms with E-state index in [2.05, 4.69) is 0 Å². The van der Waals surface area contributed by atoms with Gasteiger partial charge in [-0.25, -0.2) is 8.42 Å². The molecule has 0 atom stereocenters. The fourth-order valence-electron chi connectivity index (χ4n) is 1.27. The number of ether oxygens (including phenoxy) is 1. The van der Waals surface area contributed by atoms with Crippen molar-refractivity contribution in [2.75, 3.05) is 6.61 Å². The topological polar surface area (TPSA) is 43.4 Å². The molecule has 0 unspecified atom stereocenters. The lowest BCUT2D eigenvalue weighted by atomic mass is 10.3. The lowest BCUT2D eigenvalue weighted by molar-refractivity contribution is 0.309. The Bertz CT molecular complexity index is 435. The molecular weight excluding hydrogens is 224 g/mol. The van der Waals surface area contributed by atoms with E-state index in [0.717, 1.165) is 6.42 Å². The standard InChI is InChI=1S/C12H18O3S/c1-4-9-15-11-7-5-6-8-12(11)16(13,14)10(2)3/h5-8,10H,4,9H2,1-3H3. The van der Waals surface area contributed by atoms with Crippen LogP contribution in [0.2, 0.25) is 0 Å². The van der Waals surface area contributed by atoms with E-state index >= 15 is 0 Å². The maximum absolute atomic E-state index is 12.0. The summed E-state index contributed by atoms with van der Waals surface area (Å²) in [6.07, 6.45) is 0.857. The van der Waals surface area contributed by atoms with Crippen LogP contribution in [-0.2, 0) is 9.84 Å². The van der Waals surface area contributed by atoms with Crippen LogP contribution in [0.3, 0.4) is 0 Å². The average molecular weight is 242 g/mol. The second-order valence-electron chi connectivity index (χ2n) is 3.89. The smallest absolute Gasteiger partial charge is 0.184 e. The first kappa shape index (κ1) is 13.0. The monoisotopic (exact) mass is 242 g/mol. The van der Waals surface area contributed by atoms with Crippen molar-refractivity contribution in [3.63, 3.8) is 0 Å². The van der Waals surface area contributed by atoms with Gasteiger partial charge in [-0.2, -0.15) is 0 Å². The first-order valence-corrected chi connectivity index (χ1v) is 7.00. The van der Waals surface area contributed by atoms with E-state index in [9.17, 15) is 8.42 Å². The van der Waals surface area contributed by atoms with Gasteiger partial charge in [0.25, 0.3) is 0 Å². The van der Waals surface area contributed by atoms with Gasteiger partial charge >= 0.3 is 0 Å². The molecule has 0 aliphatic rings. The fraction of sp³-hybridized carbons (Fsp3) is 0.500. The van der Waals surface area contributed by atoms with Gasteiger partial charge in [0.1, 0.15) is 10.6 Å². The third kappa shape index (κ3) is 2.76. The Kier molecular flexibility index (Phi) is 4.35. The van der Waals surface area contributed by atoms with Gasteiger partial charge in [-0.3, -0.25) is 0 Å². The maximum atomic E-state index is 12.0. The highest BCUT2D eigenvalue weighted by Gasteiger charge is 2.22. The SMILES string of the molecule is CCCOc1ccccc1S(=O)(=O)C(C)C. The molecule has 0 fully saturated rings. The molecule has 0 heterocycles.